The van der Waals surface area contributed by atoms with Crippen LogP contribution in [-0.2, 0) is 4.79 Å². The quantitative estimate of drug-likeness (QED) is 0.801. The van der Waals surface area contributed by atoms with Gasteiger partial charge in [-0.05, 0) is 12.1 Å². The molecule has 5 nitrogen and oxygen atoms in total. The van der Waals surface area contributed by atoms with Crippen LogP contribution in [0.5, 0.6) is 0 Å². The van der Waals surface area contributed by atoms with Gasteiger partial charge in [-0.25, -0.2) is 9.97 Å². The van der Waals surface area contributed by atoms with Crippen molar-refractivity contribution in [3.8, 4) is 11.3 Å². The van der Waals surface area contributed by atoms with Crippen LogP contribution in [0, 0.1) is 5.92 Å². The highest BCUT2D eigenvalue weighted by molar-refractivity contribution is 6.45. The first-order chi connectivity index (χ1) is 10.3. The number of halogens is 3. The second kappa shape index (κ2) is 6.69. The average Bonchev–Trinajstić information content (AvgIpc) is 2.43. The molecule has 0 fully saturated rings. The Morgan fingerprint density at radius 2 is 1.95 bits per heavy atom. The Balaban J connectivity index is 2.41. The van der Waals surface area contributed by atoms with Crippen LogP contribution in [0.1, 0.15) is 13.8 Å². The van der Waals surface area contributed by atoms with Crippen LogP contribution >= 0.6 is 34.8 Å². The molecule has 1 aromatic carbocycles. The average molecular weight is 360 g/mol. The van der Waals surface area contributed by atoms with Crippen molar-refractivity contribution in [1.29, 1.82) is 0 Å². The molecular weight excluding hydrogens is 347 g/mol. The number of nitrogen functional groups attached to an aromatic ring is 1. The molecule has 1 heterocycles. The third kappa shape index (κ3) is 3.61. The molecule has 1 aromatic heterocycles. The minimum absolute atomic E-state index is 0.113. The summed E-state index contributed by atoms with van der Waals surface area (Å²) in [5, 5.41) is 3.60. The van der Waals surface area contributed by atoms with Gasteiger partial charge >= 0.3 is 0 Å². The van der Waals surface area contributed by atoms with E-state index in [1.807, 2.05) is 0 Å². The van der Waals surface area contributed by atoms with Gasteiger partial charge < -0.3 is 11.1 Å². The third-order valence-electron chi connectivity index (χ3n) is 2.82. The van der Waals surface area contributed by atoms with Crippen LogP contribution in [0.25, 0.3) is 11.3 Å². The second-order valence-electron chi connectivity index (χ2n) is 4.88. The van der Waals surface area contributed by atoms with E-state index in [2.05, 4.69) is 15.3 Å². The molecule has 0 saturated heterocycles. The lowest BCUT2D eigenvalue weighted by Crippen LogP contribution is -2.19. The van der Waals surface area contributed by atoms with E-state index in [1.54, 1.807) is 19.9 Å². The van der Waals surface area contributed by atoms with Gasteiger partial charge in [-0.3, -0.25) is 4.79 Å². The fourth-order valence-electron chi connectivity index (χ4n) is 1.67. The largest absolute Gasteiger partial charge is 0.382 e. The van der Waals surface area contributed by atoms with Crippen LogP contribution in [-0.4, -0.2) is 15.9 Å². The molecule has 0 spiro atoms. The van der Waals surface area contributed by atoms with E-state index in [0.29, 0.717) is 21.3 Å². The van der Waals surface area contributed by atoms with Crippen LogP contribution in [0.2, 0.25) is 15.1 Å². The summed E-state index contributed by atoms with van der Waals surface area (Å²) in [6.45, 7) is 3.54. The summed E-state index contributed by atoms with van der Waals surface area (Å²) in [6.07, 6.45) is 1.40. The van der Waals surface area contributed by atoms with Crippen molar-refractivity contribution in [2.45, 2.75) is 13.8 Å². The molecule has 116 valence electrons. The highest BCUT2D eigenvalue weighted by Gasteiger charge is 2.15. The van der Waals surface area contributed by atoms with E-state index in [9.17, 15) is 4.79 Å². The zero-order valence-corrected chi connectivity index (χ0v) is 14.1. The number of nitrogens with zero attached hydrogens (tertiary/aromatic N) is 2. The molecule has 1 amide bonds. The SMILES string of the molecule is CC(C)C(=O)Nc1cnc(-c2cc(Cl)cc(Cl)c2Cl)c(N)n1. The van der Waals surface area contributed by atoms with E-state index < -0.39 is 0 Å². The Labute approximate surface area is 142 Å². The van der Waals surface area contributed by atoms with Crippen molar-refractivity contribution < 1.29 is 4.79 Å². The lowest BCUT2D eigenvalue weighted by Gasteiger charge is -2.11. The van der Waals surface area contributed by atoms with Crippen molar-refractivity contribution >= 4 is 52.3 Å². The van der Waals surface area contributed by atoms with Gasteiger partial charge in [0.05, 0.1) is 16.2 Å². The number of aromatic nitrogens is 2. The maximum Gasteiger partial charge on any atom is 0.228 e. The zero-order chi connectivity index (χ0) is 16.4. The molecule has 0 bridgehead atoms. The molecule has 2 rings (SSSR count). The van der Waals surface area contributed by atoms with Gasteiger partial charge in [0.1, 0.15) is 5.69 Å². The van der Waals surface area contributed by atoms with Gasteiger partial charge in [-0.1, -0.05) is 48.7 Å². The lowest BCUT2D eigenvalue weighted by atomic mass is 10.1. The summed E-state index contributed by atoms with van der Waals surface area (Å²) in [5.74, 6) is 0.0279. The maximum absolute atomic E-state index is 11.6. The molecule has 0 aliphatic carbocycles. The first-order valence-corrected chi connectivity index (χ1v) is 7.51. The maximum atomic E-state index is 11.6. The van der Waals surface area contributed by atoms with Crippen molar-refractivity contribution in [2.24, 2.45) is 5.92 Å². The Morgan fingerprint density at radius 1 is 1.27 bits per heavy atom. The zero-order valence-electron chi connectivity index (χ0n) is 11.8. The van der Waals surface area contributed by atoms with Crippen molar-refractivity contribution in [1.82, 2.24) is 9.97 Å². The van der Waals surface area contributed by atoms with Crippen LogP contribution in [0.4, 0.5) is 11.6 Å². The third-order valence-corrected chi connectivity index (χ3v) is 3.84. The number of hydrogen-bond donors (Lipinski definition) is 2. The first-order valence-electron chi connectivity index (χ1n) is 6.38. The minimum atomic E-state index is -0.177. The number of hydrogen-bond acceptors (Lipinski definition) is 4. The molecule has 0 unspecified atom stereocenters. The van der Waals surface area contributed by atoms with Crippen LogP contribution < -0.4 is 11.1 Å². The highest BCUT2D eigenvalue weighted by atomic mass is 35.5. The molecule has 22 heavy (non-hydrogen) atoms. The van der Waals surface area contributed by atoms with Crippen molar-refractivity contribution in [3.05, 3.63) is 33.4 Å². The molecular formula is C14H13Cl3N4O. The monoisotopic (exact) mass is 358 g/mol. The van der Waals surface area contributed by atoms with Gasteiger partial charge in [0, 0.05) is 16.5 Å². The molecule has 0 saturated carbocycles. The van der Waals surface area contributed by atoms with Gasteiger partial charge in [0.15, 0.2) is 11.6 Å². The summed E-state index contributed by atoms with van der Waals surface area (Å²) >= 11 is 18.1. The predicted molar refractivity (Wildman–Crippen MR) is 90.4 cm³/mol. The number of carbonyl (C=O) groups is 1. The van der Waals surface area contributed by atoms with Crippen LogP contribution in [0.3, 0.4) is 0 Å². The van der Waals surface area contributed by atoms with Crippen molar-refractivity contribution in [2.75, 3.05) is 11.1 Å². The molecule has 0 aliphatic rings. The van der Waals surface area contributed by atoms with E-state index in [1.165, 1.54) is 12.3 Å². The molecule has 2 aromatic rings. The fourth-order valence-corrected chi connectivity index (χ4v) is 2.36. The number of carbonyl (C=O) groups excluding carboxylic acids is 1. The Morgan fingerprint density at radius 3 is 2.55 bits per heavy atom. The first kappa shape index (κ1) is 16.8. The molecule has 3 N–H and O–H groups in total. The number of amides is 1. The minimum Gasteiger partial charge on any atom is -0.382 e. The Kier molecular flexibility index (Phi) is 5.11. The standard InChI is InChI=1S/C14H13Cl3N4O/c1-6(2)14(22)21-10-5-19-12(13(18)20-10)8-3-7(15)4-9(16)11(8)17/h3-6H,1-2H3,(H3,18,20,21,22). The smallest absolute Gasteiger partial charge is 0.228 e. The summed E-state index contributed by atoms with van der Waals surface area (Å²) < 4.78 is 0. The van der Waals surface area contributed by atoms with Crippen LogP contribution in [0.15, 0.2) is 18.3 Å². The van der Waals surface area contributed by atoms with E-state index in [-0.39, 0.29) is 28.5 Å². The number of nitrogens with one attached hydrogen (secondary N) is 1. The second-order valence-corrected chi connectivity index (χ2v) is 6.10. The number of nitrogens with two attached hydrogens (primary N) is 1. The molecule has 8 heteroatoms. The Hall–Kier alpha value is -1.56. The van der Waals surface area contributed by atoms with E-state index in [0.717, 1.165) is 0 Å². The number of anilines is 2. The summed E-state index contributed by atoms with van der Waals surface area (Å²) in [5.41, 5.74) is 6.73. The summed E-state index contributed by atoms with van der Waals surface area (Å²) in [4.78, 5) is 20.0. The normalized spacial score (nSPS) is 10.8. The lowest BCUT2D eigenvalue weighted by molar-refractivity contribution is -0.118. The molecule has 0 aliphatic heterocycles. The van der Waals surface area contributed by atoms with E-state index in [4.69, 9.17) is 40.5 Å². The van der Waals surface area contributed by atoms with Gasteiger partial charge in [0.2, 0.25) is 5.91 Å². The predicted octanol–water partition coefficient (Wildman–Crippen LogP) is 4.28. The summed E-state index contributed by atoms with van der Waals surface area (Å²) in [7, 11) is 0. The topological polar surface area (TPSA) is 80.9 Å². The van der Waals surface area contributed by atoms with Crippen molar-refractivity contribution in [3.63, 3.8) is 0 Å². The summed E-state index contributed by atoms with van der Waals surface area (Å²) in [6, 6.07) is 3.12. The highest BCUT2D eigenvalue weighted by Crippen LogP contribution is 2.37. The van der Waals surface area contributed by atoms with Gasteiger partial charge in [0.25, 0.3) is 0 Å². The van der Waals surface area contributed by atoms with Gasteiger partial charge in [-0.2, -0.15) is 0 Å². The Bertz CT molecular complexity index is 734. The fraction of sp³-hybridized carbons (Fsp3) is 0.214. The van der Waals surface area contributed by atoms with E-state index >= 15 is 0 Å². The molecule has 0 atom stereocenters. The van der Waals surface area contributed by atoms with Gasteiger partial charge in [-0.15, -0.1) is 0 Å². The number of benzene rings is 1. The molecule has 0 radical (unpaired) electrons. The number of rotatable bonds is 3.